The van der Waals surface area contributed by atoms with E-state index in [4.69, 9.17) is 0 Å². The van der Waals surface area contributed by atoms with Crippen LogP contribution >= 0.6 is 12.4 Å². The first-order chi connectivity index (χ1) is 11.7. The molecule has 1 heterocycles. The third kappa shape index (κ3) is 5.72. The molecule has 5 nitrogen and oxygen atoms in total. The Labute approximate surface area is 155 Å². The average molecular weight is 366 g/mol. The van der Waals surface area contributed by atoms with E-state index in [1.807, 2.05) is 24.3 Å². The Bertz CT molecular complexity index is 582. The van der Waals surface area contributed by atoms with Crippen molar-refractivity contribution in [2.75, 3.05) is 18.4 Å². The number of benzene rings is 1. The summed E-state index contributed by atoms with van der Waals surface area (Å²) in [6.07, 6.45) is 6.31. The van der Waals surface area contributed by atoms with Crippen molar-refractivity contribution in [2.24, 2.45) is 11.8 Å². The summed E-state index contributed by atoms with van der Waals surface area (Å²) in [5.74, 6) is 0.473. The molecule has 138 valence electrons. The van der Waals surface area contributed by atoms with Crippen molar-refractivity contribution in [3.8, 4) is 0 Å². The molecule has 6 heteroatoms. The molecule has 0 bridgehead atoms. The second-order valence-electron chi connectivity index (χ2n) is 6.93. The van der Waals surface area contributed by atoms with Gasteiger partial charge in [-0.1, -0.05) is 25.0 Å². The molecule has 25 heavy (non-hydrogen) atoms. The molecule has 3 rings (SSSR count). The molecule has 1 aromatic carbocycles. The van der Waals surface area contributed by atoms with Gasteiger partial charge in [-0.2, -0.15) is 0 Å². The van der Waals surface area contributed by atoms with Crippen LogP contribution in [0.3, 0.4) is 0 Å². The van der Waals surface area contributed by atoms with Gasteiger partial charge in [0, 0.05) is 24.7 Å². The van der Waals surface area contributed by atoms with E-state index in [2.05, 4.69) is 16.0 Å². The molecule has 2 fully saturated rings. The summed E-state index contributed by atoms with van der Waals surface area (Å²) >= 11 is 0. The predicted octanol–water partition coefficient (Wildman–Crippen LogP) is 2.85. The van der Waals surface area contributed by atoms with Crippen LogP contribution in [0.2, 0.25) is 0 Å². The minimum atomic E-state index is 0. The van der Waals surface area contributed by atoms with E-state index in [9.17, 15) is 9.59 Å². The van der Waals surface area contributed by atoms with Gasteiger partial charge in [-0.25, -0.2) is 0 Å². The van der Waals surface area contributed by atoms with E-state index >= 15 is 0 Å². The van der Waals surface area contributed by atoms with Crippen LogP contribution in [0.25, 0.3) is 0 Å². The SMILES string of the molecule is Cl.O=C(NCc1cccc(NC(=O)C2CCCC2)c1)C1CCCNC1. The van der Waals surface area contributed by atoms with Crippen molar-refractivity contribution >= 4 is 29.9 Å². The highest BCUT2D eigenvalue weighted by molar-refractivity contribution is 5.92. The number of carbonyl (C=O) groups is 2. The lowest BCUT2D eigenvalue weighted by Gasteiger charge is -2.22. The minimum absolute atomic E-state index is 0. The van der Waals surface area contributed by atoms with Gasteiger partial charge >= 0.3 is 0 Å². The zero-order valence-electron chi connectivity index (χ0n) is 14.6. The van der Waals surface area contributed by atoms with Crippen molar-refractivity contribution in [2.45, 2.75) is 45.1 Å². The van der Waals surface area contributed by atoms with Crippen molar-refractivity contribution in [1.82, 2.24) is 10.6 Å². The molecule has 1 aromatic rings. The quantitative estimate of drug-likeness (QED) is 0.751. The highest BCUT2D eigenvalue weighted by atomic mass is 35.5. The fourth-order valence-electron chi connectivity index (χ4n) is 3.60. The van der Waals surface area contributed by atoms with Crippen molar-refractivity contribution in [1.29, 1.82) is 0 Å². The molecule has 2 amide bonds. The van der Waals surface area contributed by atoms with Crippen molar-refractivity contribution in [3.63, 3.8) is 0 Å². The molecule has 0 aromatic heterocycles. The summed E-state index contributed by atoms with van der Waals surface area (Å²) in [5, 5.41) is 9.29. The summed E-state index contributed by atoms with van der Waals surface area (Å²) in [5.41, 5.74) is 1.83. The van der Waals surface area contributed by atoms with Gasteiger partial charge < -0.3 is 16.0 Å². The topological polar surface area (TPSA) is 70.2 Å². The fourth-order valence-corrected chi connectivity index (χ4v) is 3.60. The second-order valence-corrected chi connectivity index (χ2v) is 6.93. The van der Waals surface area contributed by atoms with E-state index in [1.54, 1.807) is 0 Å². The van der Waals surface area contributed by atoms with E-state index in [-0.39, 0.29) is 36.1 Å². The number of carbonyl (C=O) groups excluding carboxylic acids is 2. The van der Waals surface area contributed by atoms with Crippen molar-refractivity contribution < 1.29 is 9.59 Å². The zero-order valence-corrected chi connectivity index (χ0v) is 15.4. The first-order valence-electron chi connectivity index (χ1n) is 9.10. The number of hydrogen-bond acceptors (Lipinski definition) is 3. The highest BCUT2D eigenvalue weighted by Gasteiger charge is 2.23. The van der Waals surface area contributed by atoms with Crippen LogP contribution in [0.5, 0.6) is 0 Å². The van der Waals surface area contributed by atoms with E-state index < -0.39 is 0 Å². The normalized spacial score (nSPS) is 20.6. The Morgan fingerprint density at radius 1 is 1.04 bits per heavy atom. The average Bonchev–Trinajstić information content (AvgIpc) is 3.15. The number of piperidine rings is 1. The van der Waals surface area contributed by atoms with Crippen LogP contribution in [-0.4, -0.2) is 24.9 Å². The molecule has 1 aliphatic heterocycles. The summed E-state index contributed by atoms with van der Waals surface area (Å²) in [6.45, 7) is 2.28. The Balaban J connectivity index is 0.00000225. The fraction of sp³-hybridized carbons (Fsp3) is 0.579. The molecular formula is C19H28ClN3O2. The number of amides is 2. The maximum absolute atomic E-state index is 12.2. The van der Waals surface area contributed by atoms with Crippen LogP contribution in [0.15, 0.2) is 24.3 Å². The maximum Gasteiger partial charge on any atom is 0.227 e. The third-order valence-corrected chi connectivity index (χ3v) is 5.05. The Morgan fingerprint density at radius 3 is 2.52 bits per heavy atom. The highest BCUT2D eigenvalue weighted by Crippen LogP contribution is 2.26. The Morgan fingerprint density at radius 2 is 1.80 bits per heavy atom. The van der Waals surface area contributed by atoms with Gasteiger partial charge in [-0.3, -0.25) is 9.59 Å². The lowest BCUT2D eigenvalue weighted by Crippen LogP contribution is -2.40. The number of anilines is 1. The molecule has 0 radical (unpaired) electrons. The maximum atomic E-state index is 12.2. The van der Waals surface area contributed by atoms with Gasteiger partial charge in [0.05, 0.1) is 5.92 Å². The minimum Gasteiger partial charge on any atom is -0.352 e. The first-order valence-corrected chi connectivity index (χ1v) is 9.10. The summed E-state index contributed by atoms with van der Waals surface area (Å²) in [6, 6.07) is 7.76. The van der Waals surface area contributed by atoms with Gasteiger partial charge in [0.25, 0.3) is 0 Å². The standard InChI is InChI=1S/C19H27N3O2.ClH/c23-18(16-8-4-10-20-13-16)21-12-14-5-3-9-17(11-14)22-19(24)15-6-1-2-7-15;/h3,5,9,11,15-16,20H,1-2,4,6-8,10,12-13H2,(H,21,23)(H,22,24);1H. The summed E-state index contributed by atoms with van der Waals surface area (Å²) in [7, 11) is 0. The molecule has 0 spiro atoms. The molecule has 2 aliphatic rings. The predicted molar refractivity (Wildman–Crippen MR) is 102 cm³/mol. The Hall–Kier alpha value is -1.59. The summed E-state index contributed by atoms with van der Waals surface area (Å²) < 4.78 is 0. The van der Waals surface area contributed by atoms with Crippen LogP contribution in [0.1, 0.15) is 44.1 Å². The van der Waals surface area contributed by atoms with Crippen molar-refractivity contribution in [3.05, 3.63) is 29.8 Å². The van der Waals surface area contributed by atoms with Gasteiger partial charge in [0.15, 0.2) is 0 Å². The molecule has 3 N–H and O–H groups in total. The molecule has 1 saturated heterocycles. The molecule has 1 saturated carbocycles. The lowest BCUT2D eigenvalue weighted by molar-refractivity contribution is -0.125. The van der Waals surface area contributed by atoms with Gasteiger partial charge in [-0.05, 0) is 49.9 Å². The second kappa shape index (κ2) is 9.78. The van der Waals surface area contributed by atoms with Gasteiger partial charge in [-0.15, -0.1) is 12.4 Å². The monoisotopic (exact) mass is 365 g/mol. The first kappa shape index (κ1) is 19.7. The van der Waals surface area contributed by atoms with Crippen LogP contribution in [0, 0.1) is 11.8 Å². The number of hydrogen-bond donors (Lipinski definition) is 3. The third-order valence-electron chi connectivity index (χ3n) is 5.05. The largest absolute Gasteiger partial charge is 0.352 e. The molecule has 1 aliphatic carbocycles. The number of rotatable bonds is 5. The number of halogens is 1. The zero-order chi connectivity index (χ0) is 16.8. The molecule has 1 atom stereocenters. The number of nitrogens with one attached hydrogen (secondary N) is 3. The van der Waals surface area contributed by atoms with E-state index in [0.29, 0.717) is 6.54 Å². The lowest BCUT2D eigenvalue weighted by atomic mass is 9.99. The van der Waals surface area contributed by atoms with Crippen LogP contribution < -0.4 is 16.0 Å². The smallest absolute Gasteiger partial charge is 0.227 e. The molecule has 1 unspecified atom stereocenters. The van der Waals surface area contributed by atoms with E-state index in [1.165, 1.54) is 0 Å². The molecular weight excluding hydrogens is 338 g/mol. The Kier molecular flexibility index (Phi) is 7.72. The van der Waals surface area contributed by atoms with Crippen LogP contribution in [0.4, 0.5) is 5.69 Å². The van der Waals surface area contributed by atoms with Crippen LogP contribution in [-0.2, 0) is 16.1 Å². The van der Waals surface area contributed by atoms with Gasteiger partial charge in [0.1, 0.15) is 0 Å². The summed E-state index contributed by atoms with van der Waals surface area (Å²) in [4.78, 5) is 24.4. The van der Waals surface area contributed by atoms with Gasteiger partial charge in [0.2, 0.25) is 11.8 Å². The van der Waals surface area contributed by atoms with E-state index in [0.717, 1.165) is 62.9 Å².